The van der Waals surface area contributed by atoms with Crippen LogP contribution in [-0.4, -0.2) is 49.0 Å². The van der Waals surface area contributed by atoms with E-state index in [2.05, 4.69) is 25.8 Å². The fourth-order valence-corrected chi connectivity index (χ4v) is 5.03. The highest BCUT2D eigenvalue weighted by Crippen LogP contribution is 2.56. The molecule has 1 aliphatic carbocycles. The van der Waals surface area contributed by atoms with Gasteiger partial charge in [-0.2, -0.15) is 45.4 Å². The molecule has 9 nitrogen and oxygen atoms in total. The van der Waals surface area contributed by atoms with Crippen molar-refractivity contribution in [2.24, 2.45) is 0 Å². The molecule has 4 heterocycles. The second-order valence-electron chi connectivity index (χ2n) is 9.44. The number of carbonyl (C=O) groups excluding carboxylic acids is 2. The third-order valence-electron chi connectivity index (χ3n) is 6.84. The summed E-state index contributed by atoms with van der Waals surface area (Å²) in [5.41, 5.74) is -0.441. The van der Waals surface area contributed by atoms with Crippen molar-refractivity contribution in [3.8, 4) is 0 Å². The van der Waals surface area contributed by atoms with Gasteiger partial charge in [-0.05, 0) is 36.0 Å². The van der Waals surface area contributed by atoms with Crippen LogP contribution >= 0.6 is 0 Å². The van der Waals surface area contributed by atoms with Crippen molar-refractivity contribution < 1.29 is 40.3 Å². The molecule has 3 aromatic heterocycles. The number of fused-ring (bicyclic) bond motifs is 2. The van der Waals surface area contributed by atoms with Gasteiger partial charge < -0.3 is 5.32 Å². The number of amides is 3. The number of halogens is 7. The lowest BCUT2D eigenvalue weighted by Gasteiger charge is -2.22. The van der Waals surface area contributed by atoms with Crippen molar-refractivity contribution in [2.45, 2.75) is 43.1 Å². The van der Waals surface area contributed by atoms with Crippen molar-refractivity contribution in [1.82, 2.24) is 35.0 Å². The lowest BCUT2D eigenvalue weighted by Crippen LogP contribution is -2.51. The second kappa shape index (κ2) is 8.38. The van der Waals surface area contributed by atoms with E-state index in [-0.39, 0.29) is 35.2 Å². The van der Waals surface area contributed by atoms with Crippen molar-refractivity contribution in [1.29, 1.82) is 0 Å². The molecule has 204 valence electrons. The van der Waals surface area contributed by atoms with Crippen LogP contribution in [0.5, 0.6) is 0 Å². The smallest absolute Gasteiger partial charge is 0.337 e. The van der Waals surface area contributed by atoms with Crippen LogP contribution in [0.25, 0.3) is 16.6 Å². The van der Waals surface area contributed by atoms with Crippen LogP contribution in [0.2, 0.25) is 0 Å². The number of hydrogen-bond acceptors (Lipinski definition) is 5. The average Bonchev–Trinajstić information content (AvgIpc) is 3.44. The third kappa shape index (κ3) is 4.42. The van der Waals surface area contributed by atoms with Gasteiger partial charge in [0.15, 0.2) is 11.3 Å². The summed E-state index contributed by atoms with van der Waals surface area (Å²) in [5, 5.41) is 11.5. The van der Waals surface area contributed by atoms with Crippen LogP contribution in [0.15, 0.2) is 30.5 Å². The molecule has 3 amide bonds. The van der Waals surface area contributed by atoms with Crippen molar-refractivity contribution >= 4 is 28.5 Å². The summed E-state index contributed by atoms with van der Waals surface area (Å²) >= 11 is 0. The molecular formula is C23H16F7N7O2. The number of rotatable bonds is 4. The lowest BCUT2D eigenvalue weighted by atomic mass is 9.98. The molecule has 6 rings (SSSR count). The normalized spacial score (nSPS) is 21.9. The minimum Gasteiger partial charge on any atom is -0.337 e. The number of carbonyl (C=O) groups is 2. The summed E-state index contributed by atoms with van der Waals surface area (Å²) in [7, 11) is 0. The zero-order chi connectivity index (χ0) is 27.9. The van der Waals surface area contributed by atoms with Gasteiger partial charge in [-0.1, -0.05) is 12.1 Å². The number of hydrogen-bond donors (Lipinski definition) is 2. The van der Waals surface area contributed by atoms with E-state index >= 15 is 0 Å². The number of imidazole rings is 1. The van der Waals surface area contributed by atoms with Crippen molar-refractivity contribution in [3.05, 3.63) is 58.9 Å². The minimum absolute atomic E-state index is 0.0750. The van der Waals surface area contributed by atoms with Gasteiger partial charge in [-0.15, -0.1) is 0 Å². The Kier molecular flexibility index (Phi) is 5.38. The van der Waals surface area contributed by atoms with E-state index in [1.165, 1.54) is 12.1 Å². The maximum atomic E-state index is 14.5. The van der Waals surface area contributed by atoms with Gasteiger partial charge in [0.05, 0.1) is 23.3 Å². The second-order valence-corrected chi connectivity index (χ2v) is 9.44. The molecular weight excluding hydrogens is 539 g/mol. The van der Waals surface area contributed by atoms with Gasteiger partial charge in [0, 0.05) is 17.5 Å². The van der Waals surface area contributed by atoms with Gasteiger partial charge in [0.2, 0.25) is 11.9 Å². The quantitative estimate of drug-likeness (QED) is 0.371. The Labute approximate surface area is 213 Å². The Morgan fingerprint density at radius 1 is 1.03 bits per heavy atom. The fraction of sp³-hybridized carbons (Fsp3) is 0.348. The predicted octanol–water partition coefficient (Wildman–Crippen LogP) is 3.99. The third-order valence-corrected chi connectivity index (χ3v) is 6.84. The molecule has 2 aliphatic rings. The maximum Gasteiger partial charge on any atom is 0.435 e. The number of urea groups is 1. The predicted molar refractivity (Wildman–Crippen MR) is 118 cm³/mol. The van der Waals surface area contributed by atoms with Crippen LogP contribution in [0, 0.1) is 5.95 Å². The Bertz CT molecular complexity index is 1660. The summed E-state index contributed by atoms with van der Waals surface area (Å²) < 4.78 is 95.3. The first-order valence-corrected chi connectivity index (χ1v) is 11.6. The van der Waals surface area contributed by atoms with Gasteiger partial charge >= 0.3 is 18.4 Å². The number of nitrogens with one attached hydrogen (secondary N) is 2. The molecule has 1 aromatic carbocycles. The van der Waals surface area contributed by atoms with E-state index < -0.39 is 53.8 Å². The van der Waals surface area contributed by atoms with E-state index in [1.54, 1.807) is 6.07 Å². The highest BCUT2D eigenvalue weighted by atomic mass is 19.4. The first kappa shape index (κ1) is 25.1. The number of benzene rings is 1. The van der Waals surface area contributed by atoms with E-state index in [4.69, 9.17) is 0 Å². The van der Waals surface area contributed by atoms with Gasteiger partial charge in [0.25, 0.3) is 0 Å². The van der Waals surface area contributed by atoms with E-state index in [1.807, 2.05) is 0 Å². The fourth-order valence-electron chi connectivity index (χ4n) is 5.03. The van der Waals surface area contributed by atoms with Gasteiger partial charge in [-0.3, -0.25) is 14.8 Å². The highest BCUT2D eigenvalue weighted by molar-refractivity contribution is 6.00. The molecule has 1 unspecified atom stereocenters. The van der Waals surface area contributed by atoms with Crippen LogP contribution < -0.4 is 10.6 Å². The van der Waals surface area contributed by atoms with E-state index in [0.717, 1.165) is 16.8 Å². The first-order valence-electron chi connectivity index (χ1n) is 11.6. The van der Waals surface area contributed by atoms with Crippen LogP contribution in [0.3, 0.4) is 0 Å². The number of imide groups is 1. The molecule has 16 heteroatoms. The van der Waals surface area contributed by atoms with E-state index in [0.29, 0.717) is 22.2 Å². The zero-order valence-corrected chi connectivity index (χ0v) is 19.4. The van der Waals surface area contributed by atoms with Crippen LogP contribution in [0.4, 0.5) is 35.5 Å². The Morgan fingerprint density at radius 2 is 1.79 bits per heavy atom. The molecule has 4 aromatic rings. The SMILES string of the molecule is O=C1NCC(c2cc([C@H]3C[C@@H]3c3ccc4c(C(F)(F)F)nn(CC(F)(F)F)c4c3)c3ncc(F)n3n2)C(=O)N1. The molecule has 1 saturated carbocycles. The Balaban J connectivity index is 1.39. The maximum absolute atomic E-state index is 14.5. The molecule has 0 bridgehead atoms. The summed E-state index contributed by atoms with van der Waals surface area (Å²) in [6, 6.07) is 4.63. The van der Waals surface area contributed by atoms with Gasteiger partial charge in [-0.25, -0.2) is 9.78 Å². The summed E-state index contributed by atoms with van der Waals surface area (Å²) in [6.45, 7) is -1.77. The van der Waals surface area contributed by atoms with Crippen LogP contribution in [0.1, 0.15) is 46.7 Å². The monoisotopic (exact) mass is 555 g/mol. The minimum atomic E-state index is -4.95. The number of nitrogens with zero attached hydrogens (tertiary/aromatic N) is 5. The first-order chi connectivity index (χ1) is 18.3. The molecule has 0 spiro atoms. The standard InChI is InChI=1S/C23H16F7N7O2/c24-17-7-31-19-13(5-15(34-37(17)19)14-6-32-21(39)33-20(14)38)12-4-11(12)9-1-2-10-16(3-9)36(8-22(25,26)27)35-18(10)23(28,29)30/h1-3,5,7,11-12,14H,4,6,8H2,(H2,32,33,38,39)/t11-,12+,14?/m1/s1. The van der Waals surface area contributed by atoms with Crippen molar-refractivity contribution in [2.75, 3.05) is 6.54 Å². The topological polar surface area (TPSA) is 106 Å². The van der Waals surface area contributed by atoms with Crippen LogP contribution in [-0.2, 0) is 17.5 Å². The molecule has 1 saturated heterocycles. The zero-order valence-electron chi connectivity index (χ0n) is 19.4. The van der Waals surface area contributed by atoms with E-state index in [9.17, 15) is 40.3 Å². The number of aromatic nitrogens is 5. The molecule has 1 aliphatic heterocycles. The molecule has 39 heavy (non-hydrogen) atoms. The lowest BCUT2D eigenvalue weighted by molar-refractivity contribution is -0.148. The molecule has 3 atom stereocenters. The summed E-state index contributed by atoms with van der Waals surface area (Å²) in [4.78, 5) is 27.9. The Morgan fingerprint density at radius 3 is 2.49 bits per heavy atom. The molecule has 2 N–H and O–H groups in total. The largest absolute Gasteiger partial charge is 0.435 e. The van der Waals surface area contributed by atoms with Gasteiger partial charge in [0.1, 0.15) is 6.54 Å². The highest BCUT2D eigenvalue weighted by Gasteiger charge is 2.44. The summed E-state index contributed by atoms with van der Waals surface area (Å²) in [5.74, 6) is -3.03. The number of alkyl halides is 6. The summed E-state index contributed by atoms with van der Waals surface area (Å²) in [6.07, 6.45) is -8.37. The van der Waals surface area contributed by atoms with Crippen molar-refractivity contribution in [3.63, 3.8) is 0 Å². The Hall–Kier alpha value is -4.24. The average molecular weight is 555 g/mol. The molecule has 2 fully saturated rings. The molecule has 0 radical (unpaired) electrons.